The van der Waals surface area contributed by atoms with Crippen LogP contribution in [-0.2, 0) is 6.54 Å². The van der Waals surface area contributed by atoms with E-state index in [-0.39, 0.29) is 24.0 Å². The number of halogens is 1. The first kappa shape index (κ1) is 23.3. The first-order valence-corrected chi connectivity index (χ1v) is 9.10. The van der Waals surface area contributed by atoms with E-state index in [4.69, 9.17) is 9.15 Å². The van der Waals surface area contributed by atoms with Gasteiger partial charge in [0, 0.05) is 12.1 Å². The van der Waals surface area contributed by atoms with Crippen LogP contribution in [0.3, 0.4) is 0 Å². The molecule has 0 radical (unpaired) electrons. The van der Waals surface area contributed by atoms with Gasteiger partial charge in [-0.1, -0.05) is 19.1 Å². The number of ether oxygens (including phenoxy) is 1. The number of nitrogens with zero attached hydrogens (tertiary/aromatic N) is 1. The number of guanidine groups is 1. The van der Waals surface area contributed by atoms with Crippen molar-refractivity contribution in [2.24, 2.45) is 4.99 Å². The molecule has 3 N–H and O–H groups in total. The summed E-state index contributed by atoms with van der Waals surface area (Å²) in [5.41, 5.74) is 2.20. The van der Waals surface area contributed by atoms with Gasteiger partial charge in [-0.3, -0.25) is 0 Å². The van der Waals surface area contributed by atoms with E-state index in [0.717, 1.165) is 29.8 Å². The molecule has 0 fully saturated rings. The first-order chi connectivity index (χ1) is 12.6. The van der Waals surface area contributed by atoms with Crippen LogP contribution in [0.5, 0.6) is 5.75 Å². The predicted molar refractivity (Wildman–Crippen MR) is 119 cm³/mol. The number of nitrogens with one attached hydrogen (secondary N) is 2. The van der Waals surface area contributed by atoms with Crippen molar-refractivity contribution in [2.45, 2.75) is 39.8 Å². The normalized spacial score (nSPS) is 12.2. The van der Waals surface area contributed by atoms with Crippen molar-refractivity contribution < 1.29 is 14.3 Å². The number of aliphatic hydroxyl groups is 1. The van der Waals surface area contributed by atoms with Crippen LogP contribution in [0.15, 0.2) is 46.0 Å². The highest BCUT2D eigenvalue weighted by atomic mass is 127. The molecule has 0 bridgehead atoms. The van der Waals surface area contributed by atoms with Crippen molar-refractivity contribution in [1.82, 2.24) is 10.6 Å². The van der Waals surface area contributed by atoms with E-state index in [0.29, 0.717) is 31.4 Å². The SMILES string of the molecule is CCCOc1cc(C)ccc1CN=C(NCC)NCC(O)c1ccco1.I. The van der Waals surface area contributed by atoms with Gasteiger partial charge in [-0.2, -0.15) is 0 Å². The van der Waals surface area contributed by atoms with Gasteiger partial charge in [-0.15, -0.1) is 24.0 Å². The number of hydrogen-bond donors (Lipinski definition) is 3. The predicted octanol–water partition coefficient (Wildman–Crippen LogP) is 3.78. The van der Waals surface area contributed by atoms with Gasteiger partial charge in [0.2, 0.25) is 0 Å². The fourth-order valence-corrected chi connectivity index (χ4v) is 2.42. The molecule has 0 aliphatic heterocycles. The molecule has 2 aromatic rings. The van der Waals surface area contributed by atoms with E-state index in [1.807, 2.05) is 26.0 Å². The summed E-state index contributed by atoms with van der Waals surface area (Å²) in [4.78, 5) is 4.61. The lowest BCUT2D eigenvalue weighted by atomic mass is 10.1. The van der Waals surface area contributed by atoms with Gasteiger partial charge >= 0.3 is 0 Å². The van der Waals surface area contributed by atoms with E-state index < -0.39 is 6.10 Å². The molecule has 0 aliphatic rings. The smallest absolute Gasteiger partial charge is 0.191 e. The third kappa shape index (κ3) is 7.80. The first-order valence-electron chi connectivity index (χ1n) is 9.10. The molecule has 1 atom stereocenters. The minimum Gasteiger partial charge on any atom is -0.493 e. The minimum atomic E-state index is -0.725. The molecule has 7 heteroatoms. The molecule has 150 valence electrons. The molecule has 6 nitrogen and oxygen atoms in total. The number of aliphatic hydroxyl groups excluding tert-OH is 1. The summed E-state index contributed by atoms with van der Waals surface area (Å²) >= 11 is 0. The van der Waals surface area contributed by atoms with E-state index in [9.17, 15) is 5.11 Å². The molecule has 0 aliphatic carbocycles. The fourth-order valence-electron chi connectivity index (χ4n) is 2.42. The second-order valence-corrected chi connectivity index (χ2v) is 6.07. The lowest BCUT2D eigenvalue weighted by Crippen LogP contribution is -2.39. The summed E-state index contributed by atoms with van der Waals surface area (Å²) in [5, 5.41) is 16.4. The van der Waals surface area contributed by atoms with Crippen molar-refractivity contribution in [3.63, 3.8) is 0 Å². The molecule has 0 spiro atoms. The van der Waals surface area contributed by atoms with Crippen LogP contribution in [0, 0.1) is 6.92 Å². The van der Waals surface area contributed by atoms with E-state index in [1.54, 1.807) is 18.4 Å². The molecule has 27 heavy (non-hydrogen) atoms. The third-order valence-electron chi connectivity index (χ3n) is 3.77. The maximum absolute atomic E-state index is 10.1. The Morgan fingerprint density at radius 1 is 1.26 bits per heavy atom. The Bertz CT molecular complexity index is 690. The van der Waals surface area contributed by atoms with Crippen LogP contribution in [-0.4, -0.2) is 30.8 Å². The van der Waals surface area contributed by atoms with Gasteiger partial charge in [0.25, 0.3) is 0 Å². The number of aryl methyl sites for hydroxylation is 1. The standard InChI is InChI=1S/C20H29N3O3.HI/c1-4-10-25-19-12-15(3)8-9-16(19)13-22-20(21-5-2)23-14-17(24)18-7-6-11-26-18;/h6-9,11-12,17,24H,4-5,10,13-14H2,1-3H3,(H2,21,22,23);1H. The average molecular weight is 487 g/mol. The maximum atomic E-state index is 10.1. The van der Waals surface area contributed by atoms with Gasteiger partial charge in [-0.25, -0.2) is 4.99 Å². The summed E-state index contributed by atoms with van der Waals surface area (Å²) in [5.74, 6) is 2.05. The average Bonchev–Trinajstić information content (AvgIpc) is 3.17. The van der Waals surface area contributed by atoms with Crippen molar-refractivity contribution >= 4 is 29.9 Å². The van der Waals surface area contributed by atoms with Crippen LogP contribution in [0.2, 0.25) is 0 Å². The van der Waals surface area contributed by atoms with Crippen molar-refractivity contribution in [3.8, 4) is 5.75 Å². The van der Waals surface area contributed by atoms with Crippen LogP contribution in [0.4, 0.5) is 0 Å². The fraction of sp³-hybridized carbons (Fsp3) is 0.450. The molecular weight excluding hydrogens is 457 g/mol. The van der Waals surface area contributed by atoms with Gasteiger partial charge in [0.05, 0.1) is 26.0 Å². The van der Waals surface area contributed by atoms with E-state index >= 15 is 0 Å². The van der Waals surface area contributed by atoms with Crippen LogP contribution < -0.4 is 15.4 Å². The van der Waals surface area contributed by atoms with Crippen LogP contribution in [0.25, 0.3) is 0 Å². The largest absolute Gasteiger partial charge is 0.493 e. The highest BCUT2D eigenvalue weighted by Crippen LogP contribution is 2.21. The van der Waals surface area contributed by atoms with Crippen molar-refractivity contribution in [3.05, 3.63) is 53.5 Å². The van der Waals surface area contributed by atoms with E-state index in [2.05, 4.69) is 28.6 Å². The third-order valence-corrected chi connectivity index (χ3v) is 3.77. The molecule has 1 heterocycles. The molecule has 0 amide bonds. The maximum Gasteiger partial charge on any atom is 0.191 e. The Hall–Kier alpha value is -1.74. The Labute approximate surface area is 178 Å². The molecule has 1 unspecified atom stereocenters. The Kier molecular flexibility index (Phi) is 10.9. The quantitative estimate of drug-likeness (QED) is 0.285. The Morgan fingerprint density at radius 3 is 2.74 bits per heavy atom. The summed E-state index contributed by atoms with van der Waals surface area (Å²) in [6, 6.07) is 9.66. The summed E-state index contributed by atoms with van der Waals surface area (Å²) in [7, 11) is 0. The molecule has 1 aromatic carbocycles. The van der Waals surface area contributed by atoms with Gasteiger partial charge in [0.15, 0.2) is 5.96 Å². The molecule has 2 rings (SSSR count). The van der Waals surface area contributed by atoms with E-state index in [1.165, 1.54) is 0 Å². The summed E-state index contributed by atoms with van der Waals surface area (Å²) < 4.78 is 11.1. The Morgan fingerprint density at radius 2 is 2.07 bits per heavy atom. The Balaban J connectivity index is 0.00000364. The monoisotopic (exact) mass is 487 g/mol. The molecule has 0 saturated carbocycles. The summed E-state index contributed by atoms with van der Waals surface area (Å²) in [6.07, 6.45) is 1.79. The number of furan rings is 1. The summed E-state index contributed by atoms with van der Waals surface area (Å²) in [6.45, 7) is 8.36. The zero-order valence-corrected chi connectivity index (χ0v) is 18.5. The topological polar surface area (TPSA) is 79.0 Å². The second kappa shape index (κ2) is 12.6. The highest BCUT2D eigenvalue weighted by Gasteiger charge is 2.11. The molecular formula is C20H30IN3O3. The number of rotatable bonds is 9. The zero-order valence-electron chi connectivity index (χ0n) is 16.2. The van der Waals surface area contributed by atoms with Crippen LogP contribution in [0.1, 0.15) is 43.3 Å². The number of benzene rings is 1. The van der Waals surface area contributed by atoms with Crippen molar-refractivity contribution in [1.29, 1.82) is 0 Å². The van der Waals surface area contributed by atoms with Crippen LogP contribution >= 0.6 is 24.0 Å². The number of aliphatic imine (C=N–C) groups is 1. The van der Waals surface area contributed by atoms with Gasteiger partial charge in [0.1, 0.15) is 17.6 Å². The van der Waals surface area contributed by atoms with Gasteiger partial charge in [-0.05, 0) is 44.0 Å². The zero-order chi connectivity index (χ0) is 18.8. The highest BCUT2D eigenvalue weighted by molar-refractivity contribution is 14.0. The lowest BCUT2D eigenvalue weighted by molar-refractivity contribution is 0.153. The lowest BCUT2D eigenvalue weighted by Gasteiger charge is -2.15. The van der Waals surface area contributed by atoms with Crippen molar-refractivity contribution in [2.75, 3.05) is 19.7 Å². The van der Waals surface area contributed by atoms with Gasteiger partial charge < -0.3 is 24.9 Å². The molecule has 0 saturated heterocycles. The minimum absolute atomic E-state index is 0. The molecule has 1 aromatic heterocycles. The second-order valence-electron chi connectivity index (χ2n) is 6.07. The number of hydrogen-bond acceptors (Lipinski definition) is 4.